The lowest BCUT2D eigenvalue weighted by Gasteiger charge is -2.22. The zero-order valence-corrected chi connectivity index (χ0v) is 29.1. The first-order valence-corrected chi connectivity index (χ1v) is 20.2. The summed E-state index contributed by atoms with van der Waals surface area (Å²) in [5, 5.41) is 5.27. The number of rotatable bonds is 3. The van der Waals surface area contributed by atoms with Crippen molar-refractivity contribution >= 4 is 40.3 Å². The summed E-state index contributed by atoms with van der Waals surface area (Å²) in [6, 6.07) is 50.9. The summed E-state index contributed by atoms with van der Waals surface area (Å²) in [5.74, 6) is 0.759. The second kappa shape index (κ2) is 9.97. The third-order valence-corrected chi connectivity index (χ3v) is 14.7. The van der Waals surface area contributed by atoms with E-state index in [9.17, 15) is 0 Å². The topological polar surface area (TPSA) is 30.7 Å². The molecule has 1 aliphatic carbocycles. The average Bonchev–Trinajstić information content (AvgIpc) is 3.67. The van der Waals surface area contributed by atoms with E-state index < -0.39 is 8.07 Å². The Kier molecular flexibility index (Phi) is 5.79. The number of nitrogens with zero attached hydrogens (tertiary/aromatic N) is 3. The van der Waals surface area contributed by atoms with Gasteiger partial charge in [-0.05, 0) is 68.5 Å². The van der Waals surface area contributed by atoms with E-state index in [1.165, 1.54) is 60.0 Å². The zero-order chi connectivity index (χ0) is 33.1. The van der Waals surface area contributed by atoms with Gasteiger partial charge in [0.05, 0.1) is 28.1 Å². The number of aromatic nitrogens is 3. The van der Waals surface area contributed by atoms with E-state index in [0.29, 0.717) is 0 Å². The van der Waals surface area contributed by atoms with Gasteiger partial charge in [-0.15, -0.1) is 0 Å². The van der Waals surface area contributed by atoms with Crippen molar-refractivity contribution in [1.29, 1.82) is 0 Å². The predicted octanol–water partition coefficient (Wildman–Crippen LogP) is 10.0. The lowest BCUT2D eigenvalue weighted by Crippen LogP contribution is -2.50. The highest BCUT2D eigenvalue weighted by atomic mass is 28.3. The van der Waals surface area contributed by atoms with Crippen LogP contribution in [0.25, 0.3) is 72.5 Å². The van der Waals surface area contributed by atoms with Crippen LogP contribution in [0.3, 0.4) is 0 Å². The Morgan fingerprint density at radius 1 is 0.531 bits per heavy atom. The van der Waals surface area contributed by atoms with Crippen LogP contribution in [0.15, 0.2) is 140 Å². The number of fused-ring (bicyclic) bond motifs is 9. The molecule has 0 spiro atoms. The van der Waals surface area contributed by atoms with E-state index in [1.54, 1.807) is 0 Å². The van der Waals surface area contributed by atoms with Crippen LogP contribution in [0.4, 0.5) is 0 Å². The molecule has 0 saturated carbocycles. The normalized spacial score (nSPS) is 14.9. The quantitative estimate of drug-likeness (QED) is 0.179. The molecule has 2 aliphatic rings. The first-order valence-electron chi connectivity index (χ1n) is 17.2. The molecule has 0 unspecified atom stereocenters. The molecule has 8 aromatic rings. The van der Waals surface area contributed by atoms with E-state index in [4.69, 9.17) is 9.97 Å². The number of hydrogen-bond acceptors (Lipinski definition) is 2. The summed E-state index contributed by atoms with van der Waals surface area (Å²) >= 11 is 0. The van der Waals surface area contributed by atoms with Crippen molar-refractivity contribution in [3.05, 3.63) is 151 Å². The molecule has 3 nitrogen and oxygen atoms in total. The van der Waals surface area contributed by atoms with Crippen LogP contribution in [0.5, 0.6) is 0 Å². The smallest absolute Gasteiger partial charge is 0.162 e. The molecule has 1 aliphatic heterocycles. The van der Waals surface area contributed by atoms with Gasteiger partial charge in [-0.1, -0.05) is 136 Å². The van der Waals surface area contributed by atoms with Gasteiger partial charge >= 0.3 is 0 Å². The number of para-hydroxylation sites is 2. The van der Waals surface area contributed by atoms with Gasteiger partial charge in [0.15, 0.2) is 5.82 Å². The van der Waals surface area contributed by atoms with Crippen molar-refractivity contribution in [2.24, 2.45) is 0 Å². The Balaban J connectivity index is 1.27. The summed E-state index contributed by atoms with van der Waals surface area (Å²) in [6.45, 7) is 9.60. The molecule has 0 N–H and O–H groups in total. The molecule has 0 atom stereocenters. The van der Waals surface area contributed by atoms with Gasteiger partial charge in [0, 0.05) is 27.3 Å². The van der Waals surface area contributed by atoms with Gasteiger partial charge in [-0.3, -0.25) is 0 Å². The van der Waals surface area contributed by atoms with E-state index in [1.807, 2.05) is 0 Å². The molecule has 6 aromatic carbocycles. The molecule has 0 saturated heterocycles. The van der Waals surface area contributed by atoms with Crippen molar-refractivity contribution in [3.63, 3.8) is 0 Å². The third kappa shape index (κ3) is 3.83. The van der Waals surface area contributed by atoms with Gasteiger partial charge < -0.3 is 4.57 Å². The Morgan fingerprint density at radius 3 is 2.02 bits per heavy atom. The molecule has 49 heavy (non-hydrogen) atoms. The maximum atomic E-state index is 5.51. The fourth-order valence-electron chi connectivity index (χ4n) is 8.82. The fourth-order valence-corrected chi connectivity index (χ4v) is 12.1. The summed E-state index contributed by atoms with van der Waals surface area (Å²) in [6.07, 6.45) is 0. The van der Waals surface area contributed by atoms with Gasteiger partial charge in [-0.2, -0.15) is 0 Å². The number of benzene rings is 6. The van der Waals surface area contributed by atoms with Crippen LogP contribution in [-0.4, -0.2) is 22.6 Å². The Morgan fingerprint density at radius 2 is 1.18 bits per heavy atom. The van der Waals surface area contributed by atoms with Crippen LogP contribution < -0.4 is 10.4 Å². The average molecular weight is 646 g/mol. The molecule has 3 heterocycles. The third-order valence-electron chi connectivity index (χ3n) is 11.2. The minimum Gasteiger partial charge on any atom is -0.308 e. The SMILES string of the molecule is CC1(C)c2ccccc2-c2cc3c4ccccc4n(-c4ccccc4-c4nc(-c5ccccc5)c5c(n4)-c4ccccc4[Si]5(C)C)c3cc21. The monoisotopic (exact) mass is 645 g/mol. The summed E-state index contributed by atoms with van der Waals surface area (Å²) in [5.41, 5.74) is 14.4. The maximum Gasteiger partial charge on any atom is 0.162 e. The molecular weight excluding hydrogens is 611 g/mol. The second-order valence-corrected chi connectivity index (χ2v) is 18.9. The minimum absolute atomic E-state index is 0.0985. The zero-order valence-electron chi connectivity index (χ0n) is 28.1. The molecule has 10 rings (SSSR count). The molecule has 0 bridgehead atoms. The summed E-state index contributed by atoms with van der Waals surface area (Å²) in [4.78, 5) is 11.0. The van der Waals surface area contributed by atoms with Gasteiger partial charge in [-0.25, -0.2) is 9.97 Å². The van der Waals surface area contributed by atoms with E-state index >= 15 is 0 Å². The Bertz CT molecular complexity index is 2660. The van der Waals surface area contributed by atoms with Crippen LogP contribution in [0.2, 0.25) is 13.1 Å². The Hall–Kier alpha value is -5.58. The summed E-state index contributed by atoms with van der Waals surface area (Å²) < 4.78 is 2.45. The van der Waals surface area contributed by atoms with Crippen molar-refractivity contribution in [1.82, 2.24) is 14.5 Å². The molecular formula is C45H35N3Si. The maximum absolute atomic E-state index is 5.51. The van der Waals surface area contributed by atoms with Crippen LogP contribution in [-0.2, 0) is 5.41 Å². The first kappa shape index (κ1) is 28.4. The van der Waals surface area contributed by atoms with E-state index in [0.717, 1.165) is 34.0 Å². The standard InChI is InChI=1S/C45H35N3Si/c1-45(2)35-22-12-8-18-29(35)33-26-34-30-19-9-13-23-37(30)48(39(34)27-36(33)45)38-24-14-10-20-31(38)44-46-41(28-16-6-5-7-17-28)43-42(47-44)32-21-11-15-25-40(32)49(43,3)4/h5-27H,1-4H3. The minimum atomic E-state index is -2.05. The second-order valence-electron chi connectivity index (χ2n) is 14.6. The highest BCUT2D eigenvalue weighted by Crippen LogP contribution is 2.51. The predicted molar refractivity (Wildman–Crippen MR) is 207 cm³/mol. The highest BCUT2D eigenvalue weighted by Gasteiger charge is 2.42. The number of hydrogen-bond donors (Lipinski definition) is 0. The molecule has 234 valence electrons. The molecule has 2 aromatic heterocycles. The largest absolute Gasteiger partial charge is 0.308 e. The molecule has 0 radical (unpaired) electrons. The van der Waals surface area contributed by atoms with Crippen molar-refractivity contribution in [3.8, 4) is 50.7 Å². The first-order chi connectivity index (χ1) is 23.8. The Labute approximate surface area is 287 Å². The van der Waals surface area contributed by atoms with E-state index in [2.05, 4.69) is 171 Å². The molecule has 0 fully saturated rings. The van der Waals surface area contributed by atoms with Crippen LogP contribution in [0.1, 0.15) is 25.0 Å². The summed E-state index contributed by atoms with van der Waals surface area (Å²) in [7, 11) is -2.05. The van der Waals surface area contributed by atoms with Crippen LogP contribution >= 0.6 is 0 Å². The van der Waals surface area contributed by atoms with Gasteiger partial charge in [0.2, 0.25) is 0 Å². The van der Waals surface area contributed by atoms with Gasteiger partial charge in [0.25, 0.3) is 0 Å². The lowest BCUT2D eigenvalue weighted by atomic mass is 9.82. The highest BCUT2D eigenvalue weighted by molar-refractivity contribution is 7.04. The van der Waals surface area contributed by atoms with Crippen molar-refractivity contribution < 1.29 is 0 Å². The van der Waals surface area contributed by atoms with Crippen molar-refractivity contribution in [2.45, 2.75) is 32.4 Å². The molecule has 4 heteroatoms. The van der Waals surface area contributed by atoms with Crippen LogP contribution in [0, 0.1) is 0 Å². The fraction of sp³-hybridized carbons (Fsp3) is 0.111. The molecule has 0 amide bonds. The van der Waals surface area contributed by atoms with Crippen molar-refractivity contribution in [2.75, 3.05) is 0 Å². The van der Waals surface area contributed by atoms with E-state index in [-0.39, 0.29) is 5.41 Å². The van der Waals surface area contributed by atoms with Gasteiger partial charge in [0.1, 0.15) is 8.07 Å². The lowest BCUT2D eigenvalue weighted by molar-refractivity contribution is 0.661.